The summed E-state index contributed by atoms with van der Waals surface area (Å²) in [7, 11) is 3.39. The highest BCUT2D eigenvalue weighted by molar-refractivity contribution is 6.35. The van der Waals surface area contributed by atoms with Gasteiger partial charge in [-0.1, -0.05) is 17.7 Å². The summed E-state index contributed by atoms with van der Waals surface area (Å²) in [5.74, 6) is 0.0307. The van der Waals surface area contributed by atoms with E-state index in [1.807, 2.05) is 48.3 Å². The second-order valence-corrected chi connectivity index (χ2v) is 13.1. The Morgan fingerprint density at radius 2 is 1.79 bits per heavy atom. The van der Waals surface area contributed by atoms with Gasteiger partial charge in [0, 0.05) is 47.7 Å². The first-order valence-corrected chi connectivity index (χ1v) is 16.8. The van der Waals surface area contributed by atoms with E-state index in [1.54, 1.807) is 12.1 Å². The Bertz CT molecular complexity index is 2210. The van der Waals surface area contributed by atoms with Crippen LogP contribution in [-0.2, 0) is 44.1 Å². The van der Waals surface area contributed by atoms with Crippen LogP contribution in [0.15, 0.2) is 48.5 Å². The largest absolute Gasteiger partial charge is 0.493 e. The predicted octanol–water partition coefficient (Wildman–Crippen LogP) is 8.10. The van der Waals surface area contributed by atoms with E-state index in [0.717, 1.165) is 92.4 Å². The van der Waals surface area contributed by atoms with Gasteiger partial charge in [-0.05, 0) is 117 Å². The number of rotatable bonds is 1. The number of ether oxygens (including phenoxy) is 2. The molecule has 3 aromatic carbocycles. The minimum Gasteiger partial charge on any atom is -0.493 e. The van der Waals surface area contributed by atoms with E-state index < -0.39 is 5.97 Å². The summed E-state index contributed by atoms with van der Waals surface area (Å²) in [6.45, 7) is 7.64. The number of nitrogens with zero attached hydrogens (tertiary/aromatic N) is 5. The molecular weight excluding hydrogens is 629 g/mol. The van der Waals surface area contributed by atoms with Crippen molar-refractivity contribution in [2.75, 3.05) is 13.7 Å². The third-order valence-corrected chi connectivity index (χ3v) is 10.0. The minimum absolute atomic E-state index is 0.281. The van der Waals surface area contributed by atoms with Crippen molar-refractivity contribution in [3.63, 3.8) is 0 Å². The fourth-order valence-corrected chi connectivity index (χ4v) is 7.48. The minimum atomic E-state index is -0.405. The van der Waals surface area contributed by atoms with Crippen LogP contribution in [0.2, 0.25) is 5.02 Å². The number of halogens is 2. The molecule has 0 amide bonds. The van der Waals surface area contributed by atoms with Crippen LogP contribution in [0, 0.1) is 26.6 Å². The van der Waals surface area contributed by atoms with Crippen molar-refractivity contribution in [1.82, 2.24) is 24.1 Å². The van der Waals surface area contributed by atoms with Crippen molar-refractivity contribution in [2.24, 2.45) is 7.05 Å². The van der Waals surface area contributed by atoms with Gasteiger partial charge in [-0.2, -0.15) is 10.2 Å². The number of carbonyl (C=O) groups is 1. The molecule has 7 rings (SSSR count). The van der Waals surface area contributed by atoms with Crippen molar-refractivity contribution < 1.29 is 18.7 Å². The molecule has 10 heteroatoms. The van der Waals surface area contributed by atoms with E-state index in [-0.39, 0.29) is 5.82 Å². The standard InChI is InChI=1S/C38H39ClFN5O3/c1-22-24(3)41-45-16-6-8-28-21-29(43(4)42-28)11-9-25-18-26-20-27(40)10-12-30(26)33(19-25)48-17-7-15-44-32-14-13-31(39)35(36(22)45)34(32)23(2)37(44)38(46)47-5/h10,12-14,18-21H,6-9,11,15-17H2,1-5H3. The molecule has 4 heterocycles. The van der Waals surface area contributed by atoms with Gasteiger partial charge in [-0.25, -0.2) is 9.18 Å². The monoisotopic (exact) mass is 667 g/mol. The van der Waals surface area contributed by atoms with E-state index in [9.17, 15) is 9.18 Å². The number of aryl methyl sites for hydroxylation is 8. The molecule has 0 saturated carbocycles. The number of fused-ring (bicyclic) bond motifs is 8. The molecule has 0 N–H and O–H groups in total. The molecule has 0 spiro atoms. The first-order valence-electron chi connectivity index (χ1n) is 16.4. The molecule has 8 bridgehead atoms. The lowest BCUT2D eigenvalue weighted by molar-refractivity contribution is 0.0587. The lowest BCUT2D eigenvalue weighted by atomic mass is 9.99. The molecule has 1 aliphatic heterocycles. The Balaban J connectivity index is 1.37. The fraction of sp³-hybridized carbons (Fsp3) is 0.342. The number of methoxy groups -OCH3 is 1. The van der Waals surface area contributed by atoms with Crippen LogP contribution in [0.5, 0.6) is 5.75 Å². The van der Waals surface area contributed by atoms with Crippen LogP contribution in [0.25, 0.3) is 32.9 Å². The molecule has 8 nitrogen and oxygen atoms in total. The molecule has 0 aliphatic carbocycles. The predicted molar refractivity (Wildman–Crippen MR) is 187 cm³/mol. The Morgan fingerprint density at radius 3 is 2.60 bits per heavy atom. The van der Waals surface area contributed by atoms with Gasteiger partial charge in [0.2, 0.25) is 0 Å². The van der Waals surface area contributed by atoms with Gasteiger partial charge in [0.05, 0.1) is 35.8 Å². The van der Waals surface area contributed by atoms with Crippen LogP contribution in [0.1, 0.15) is 57.1 Å². The molecule has 0 unspecified atom stereocenters. The van der Waals surface area contributed by atoms with Gasteiger partial charge in [0.25, 0.3) is 0 Å². The maximum Gasteiger partial charge on any atom is 0.354 e. The summed E-state index contributed by atoms with van der Waals surface area (Å²) in [6.07, 6.45) is 3.79. The first kappa shape index (κ1) is 31.9. The maximum atomic E-state index is 14.3. The van der Waals surface area contributed by atoms with E-state index in [2.05, 4.69) is 23.7 Å². The topological polar surface area (TPSA) is 76.1 Å². The second-order valence-electron chi connectivity index (χ2n) is 12.7. The lowest BCUT2D eigenvalue weighted by Crippen LogP contribution is -2.13. The quantitative estimate of drug-likeness (QED) is 0.166. The van der Waals surface area contributed by atoms with Gasteiger partial charge in [-0.15, -0.1) is 0 Å². The zero-order valence-electron chi connectivity index (χ0n) is 28.0. The summed E-state index contributed by atoms with van der Waals surface area (Å²) in [4.78, 5) is 13.3. The zero-order valence-corrected chi connectivity index (χ0v) is 28.7. The Labute approximate surface area is 284 Å². The zero-order chi connectivity index (χ0) is 33.7. The van der Waals surface area contributed by atoms with Crippen molar-refractivity contribution >= 4 is 39.2 Å². The lowest BCUT2D eigenvalue weighted by Gasteiger charge is -2.15. The second kappa shape index (κ2) is 12.8. The summed E-state index contributed by atoms with van der Waals surface area (Å²) >= 11 is 7.04. The van der Waals surface area contributed by atoms with Crippen LogP contribution in [0.4, 0.5) is 4.39 Å². The Kier molecular flexibility index (Phi) is 8.50. The molecular formula is C38H39ClFN5O3. The van der Waals surface area contributed by atoms with Gasteiger partial charge in [-0.3, -0.25) is 9.36 Å². The van der Waals surface area contributed by atoms with Crippen LogP contribution in [0.3, 0.4) is 0 Å². The van der Waals surface area contributed by atoms with E-state index in [1.165, 1.54) is 13.2 Å². The van der Waals surface area contributed by atoms with Crippen LogP contribution in [-0.4, -0.2) is 43.8 Å². The van der Waals surface area contributed by atoms with Crippen molar-refractivity contribution in [2.45, 2.75) is 66.0 Å². The van der Waals surface area contributed by atoms with Gasteiger partial charge in [0.1, 0.15) is 17.3 Å². The highest BCUT2D eigenvalue weighted by Crippen LogP contribution is 2.42. The number of benzene rings is 3. The van der Waals surface area contributed by atoms with Gasteiger partial charge >= 0.3 is 5.97 Å². The molecule has 0 atom stereocenters. The molecule has 0 radical (unpaired) electrons. The molecule has 0 saturated heterocycles. The highest BCUT2D eigenvalue weighted by Gasteiger charge is 2.27. The molecule has 1 aliphatic rings. The summed E-state index contributed by atoms with van der Waals surface area (Å²) in [5, 5.41) is 12.9. The molecule has 48 heavy (non-hydrogen) atoms. The third-order valence-electron chi connectivity index (χ3n) is 9.69. The Hall–Kier alpha value is -4.63. The first-order chi connectivity index (χ1) is 23.1. The molecule has 0 fully saturated rings. The Morgan fingerprint density at radius 1 is 0.958 bits per heavy atom. The van der Waals surface area contributed by atoms with Crippen LogP contribution < -0.4 is 4.74 Å². The number of aromatic nitrogens is 5. The summed E-state index contributed by atoms with van der Waals surface area (Å²) in [5.41, 5.74) is 9.25. The van der Waals surface area contributed by atoms with E-state index in [0.29, 0.717) is 42.6 Å². The molecule has 3 aromatic heterocycles. The molecule has 6 aromatic rings. The number of hydrogen-bond acceptors (Lipinski definition) is 5. The third kappa shape index (κ3) is 5.64. The summed E-state index contributed by atoms with van der Waals surface area (Å²) < 4.78 is 32.1. The normalized spacial score (nSPS) is 14.1. The van der Waals surface area contributed by atoms with Gasteiger partial charge in [0.15, 0.2) is 0 Å². The number of esters is 1. The number of carbonyl (C=O) groups excluding carboxylic acids is 1. The van der Waals surface area contributed by atoms with Crippen molar-refractivity contribution in [3.8, 4) is 17.0 Å². The van der Waals surface area contributed by atoms with Gasteiger partial charge < -0.3 is 14.0 Å². The van der Waals surface area contributed by atoms with Crippen LogP contribution >= 0.6 is 11.6 Å². The van der Waals surface area contributed by atoms with E-state index >= 15 is 0 Å². The maximum absolute atomic E-state index is 14.3. The van der Waals surface area contributed by atoms with Crippen molar-refractivity contribution in [1.29, 1.82) is 0 Å². The average Bonchev–Trinajstić information content (AvgIpc) is 3.66. The summed E-state index contributed by atoms with van der Waals surface area (Å²) in [6, 6.07) is 15.0. The molecule has 248 valence electrons. The highest BCUT2D eigenvalue weighted by atomic mass is 35.5. The smallest absolute Gasteiger partial charge is 0.354 e. The average molecular weight is 668 g/mol. The van der Waals surface area contributed by atoms with Crippen molar-refractivity contribution in [3.05, 3.63) is 98.8 Å². The van der Waals surface area contributed by atoms with E-state index in [4.69, 9.17) is 31.3 Å². The SMILES string of the molecule is COC(=O)c1c(C)c2c3c(Cl)ccc2n1CCCOc1cc(cc2cc(F)ccc12)CCc1cc(nn1C)CCCn1nc(C)c(C)c1-3. The fourth-order valence-electron chi connectivity index (χ4n) is 7.23. The number of hydrogen-bond donors (Lipinski definition) is 0.